The van der Waals surface area contributed by atoms with Gasteiger partial charge in [-0.3, -0.25) is 0 Å². The van der Waals surface area contributed by atoms with Gasteiger partial charge >= 0.3 is 11.9 Å². The molecule has 0 aliphatic rings. The van der Waals surface area contributed by atoms with Crippen LogP contribution in [-0.2, 0) is 9.59 Å². The number of hydrogen-bond donors (Lipinski definition) is 2. The van der Waals surface area contributed by atoms with Gasteiger partial charge in [-0.1, -0.05) is 5.92 Å². The molecule has 0 amide bonds. The molecule has 0 aromatic rings. The van der Waals surface area contributed by atoms with Crippen LogP contribution in [0.5, 0.6) is 0 Å². The Bertz CT molecular complexity index is 228. The van der Waals surface area contributed by atoms with Crippen LogP contribution in [-0.4, -0.2) is 22.2 Å². The second-order valence-corrected chi connectivity index (χ2v) is 1.25. The molecular weight excluding hydrogens is 136 g/mol. The molecule has 0 unspecified atom stereocenters. The first-order valence-electron chi connectivity index (χ1n) is 2.27. The second kappa shape index (κ2) is 4.15. The molecule has 0 aliphatic heterocycles. The van der Waals surface area contributed by atoms with Crippen molar-refractivity contribution in [3.8, 4) is 11.8 Å². The van der Waals surface area contributed by atoms with E-state index in [2.05, 4.69) is 0 Å². The fourth-order valence-corrected chi connectivity index (χ4v) is 0.216. The third-order valence-electron chi connectivity index (χ3n) is 0.488. The molecule has 0 radical (unpaired) electrons. The van der Waals surface area contributed by atoms with Gasteiger partial charge in [0, 0.05) is 12.0 Å². The highest BCUT2D eigenvalue weighted by Gasteiger charge is 1.82. The summed E-state index contributed by atoms with van der Waals surface area (Å²) in [7, 11) is 0. The predicted molar refractivity (Wildman–Crippen MR) is 32.2 cm³/mol. The van der Waals surface area contributed by atoms with E-state index in [1.54, 1.807) is 5.92 Å². The van der Waals surface area contributed by atoms with Crippen LogP contribution in [0.1, 0.15) is 0 Å². The van der Waals surface area contributed by atoms with E-state index in [1.165, 1.54) is 0 Å². The van der Waals surface area contributed by atoms with E-state index < -0.39 is 11.9 Å². The Kier molecular flexibility index (Phi) is 3.42. The van der Waals surface area contributed by atoms with Crippen molar-refractivity contribution in [1.29, 1.82) is 0 Å². The van der Waals surface area contributed by atoms with Crippen LogP contribution in [0.3, 0.4) is 0 Å². The van der Waals surface area contributed by atoms with Crippen molar-refractivity contribution in [1.82, 2.24) is 0 Å². The molecule has 0 bridgehead atoms. The molecule has 0 aromatic carbocycles. The monoisotopic (exact) mass is 140 g/mol. The smallest absolute Gasteiger partial charge is 0.382 e. The van der Waals surface area contributed by atoms with Crippen LogP contribution in [0.2, 0.25) is 0 Å². The summed E-state index contributed by atoms with van der Waals surface area (Å²) in [6.07, 6.45) is 1.71. The van der Waals surface area contributed by atoms with Crippen molar-refractivity contribution >= 4 is 11.9 Å². The first kappa shape index (κ1) is 8.24. The standard InChI is InChI=1S/C6H4O4/c7-5(8)3-1-2-4-6(9)10/h1,3H,(H,7,8)(H,9,10)/b3-1+. The largest absolute Gasteiger partial charge is 0.478 e. The number of allylic oxidation sites excluding steroid dienone is 1. The zero-order valence-electron chi connectivity index (χ0n) is 4.87. The molecule has 0 heterocycles. The third-order valence-corrected chi connectivity index (χ3v) is 0.488. The minimum absolute atomic E-state index is 0.760. The Labute approximate surface area is 56.8 Å². The lowest BCUT2D eigenvalue weighted by molar-refractivity contribution is -0.132. The van der Waals surface area contributed by atoms with E-state index in [-0.39, 0.29) is 0 Å². The van der Waals surface area contributed by atoms with Crippen LogP contribution in [0.15, 0.2) is 12.2 Å². The highest BCUT2D eigenvalue weighted by Crippen LogP contribution is 1.68. The van der Waals surface area contributed by atoms with Gasteiger partial charge in [0.05, 0.1) is 0 Å². The van der Waals surface area contributed by atoms with Crippen molar-refractivity contribution < 1.29 is 19.8 Å². The highest BCUT2D eigenvalue weighted by atomic mass is 16.4. The molecule has 52 valence electrons. The summed E-state index contributed by atoms with van der Waals surface area (Å²) in [6, 6.07) is 0. The average Bonchev–Trinajstić information content (AvgIpc) is 1.79. The van der Waals surface area contributed by atoms with Crippen LogP contribution in [0, 0.1) is 11.8 Å². The Morgan fingerprint density at radius 2 is 1.90 bits per heavy atom. The molecule has 0 fully saturated rings. The van der Waals surface area contributed by atoms with E-state index in [1.807, 2.05) is 5.92 Å². The summed E-state index contributed by atoms with van der Waals surface area (Å²) >= 11 is 0. The van der Waals surface area contributed by atoms with Crippen molar-refractivity contribution in [3.05, 3.63) is 12.2 Å². The van der Waals surface area contributed by atoms with E-state index >= 15 is 0 Å². The highest BCUT2D eigenvalue weighted by molar-refractivity contribution is 5.87. The molecular formula is C6H4O4. The van der Waals surface area contributed by atoms with Crippen LogP contribution < -0.4 is 0 Å². The average molecular weight is 140 g/mol. The summed E-state index contributed by atoms with van der Waals surface area (Å²) < 4.78 is 0. The second-order valence-electron chi connectivity index (χ2n) is 1.25. The van der Waals surface area contributed by atoms with Crippen LogP contribution in [0.4, 0.5) is 0 Å². The first-order valence-corrected chi connectivity index (χ1v) is 2.27. The maximum absolute atomic E-state index is 9.74. The van der Waals surface area contributed by atoms with Gasteiger partial charge in [0.25, 0.3) is 0 Å². The zero-order chi connectivity index (χ0) is 7.98. The third kappa shape index (κ3) is 6.24. The molecule has 0 spiro atoms. The molecule has 4 heteroatoms. The maximum Gasteiger partial charge on any atom is 0.382 e. The molecule has 4 nitrogen and oxygen atoms in total. The van der Waals surface area contributed by atoms with Gasteiger partial charge < -0.3 is 10.2 Å². The number of carbonyl (C=O) groups is 2. The number of carboxylic acids is 2. The molecule has 0 saturated carbocycles. The van der Waals surface area contributed by atoms with Crippen molar-refractivity contribution in [2.75, 3.05) is 0 Å². The zero-order valence-corrected chi connectivity index (χ0v) is 4.87. The van der Waals surface area contributed by atoms with Gasteiger partial charge in [0.2, 0.25) is 0 Å². The summed E-state index contributed by atoms with van der Waals surface area (Å²) in [5, 5.41) is 15.9. The molecule has 0 aromatic heterocycles. The van der Waals surface area contributed by atoms with E-state index in [9.17, 15) is 9.59 Å². The summed E-state index contributed by atoms with van der Waals surface area (Å²) in [4.78, 5) is 19.4. The first-order chi connectivity index (χ1) is 4.63. The molecule has 0 rings (SSSR count). The number of aliphatic carboxylic acids is 2. The predicted octanol–water partition coefficient (Wildman–Crippen LogP) is -0.285. The summed E-state index contributed by atoms with van der Waals surface area (Å²) in [5.74, 6) is 1.29. The Morgan fingerprint density at radius 1 is 1.30 bits per heavy atom. The maximum atomic E-state index is 9.74. The van der Waals surface area contributed by atoms with Crippen molar-refractivity contribution in [3.63, 3.8) is 0 Å². The molecule has 0 atom stereocenters. The number of hydrogen-bond acceptors (Lipinski definition) is 2. The topological polar surface area (TPSA) is 74.6 Å². The van der Waals surface area contributed by atoms with Gasteiger partial charge in [-0.2, -0.15) is 0 Å². The van der Waals surface area contributed by atoms with E-state index in [0.717, 1.165) is 12.2 Å². The van der Waals surface area contributed by atoms with Crippen molar-refractivity contribution in [2.24, 2.45) is 0 Å². The van der Waals surface area contributed by atoms with Crippen LogP contribution >= 0.6 is 0 Å². The van der Waals surface area contributed by atoms with Gasteiger partial charge in [0.15, 0.2) is 0 Å². The lowest BCUT2D eigenvalue weighted by Crippen LogP contribution is -1.87. The Balaban J connectivity index is 3.87. The molecule has 0 aliphatic carbocycles. The lowest BCUT2D eigenvalue weighted by Gasteiger charge is -1.71. The summed E-state index contributed by atoms with van der Waals surface area (Å²) in [5.41, 5.74) is 0. The van der Waals surface area contributed by atoms with Crippen molar-refractivity contribution in [2.45, 2.75) is 0 Å². The van der Waals surface area contributed by atoms with Crippen LogP contribution in [0.25, 0.3) is 0 Å². The van der Waals surface area contributed by atoms with E-state index in [0.29, 0.717) is 0 Å². The van der Waals surface area contributed by atoms with E-state index in [4.69, 9.17) is 10.2 Å². The molecule has 10 heavy (non-hydrogen) atoms. The Morgan fingerprint density at radius 3 is 2.30 bits per heavy atom. The minimum Gasteiger partial charge on any atom is -0.478 e. The lowest BCUT2D eigenvalue weighted by atomic mass is 10.5. The summed E-state index contributed by atoms with van der Waals surface area (Å²) in [6.45, 7) is 0. The minimum atomic E-state index is -1.28. The van der Waals surface area contributed by atoms with Gasteiger partial charge in [-0.05, 0) is 6.08 Å². The van der Waals surface area contributed by atoms with Gasteiger partial charge in [0.1, 0.15) is 0 Å². The fourth-order valence-electron chi connectivity index (χ4n) is 0.216. The molecule has 0 saturated heterocycles. The normalized spacial score (nSPS) is 8.40. The van der Waals surface area contributed by atoms with Gasteiger partial charge in [-0.25, -0.2) is 9.59 Å². The Hall–Kier alpha value is -1.76. The quantitative estimate of drug-likeness (QED) is 0.388. The SMILES string of the molecule is O=C(O)C#C/C=C/C(=O)O. The van der Waals surface area contributed by atoms with Gasteiger partial charge in [-0.15, -0.1) is 0 Å². The fraction of sp³-hybridized carbons (Fsp3) is 0. The molecule has 2 N–H and O–H groups in total. The number of carboxylic acid groups (broad SMARTS) is 2. The number of rotatable bonds is 1.